The minimum atomic E-state index is -0.759. The van der Waals surface area contributed by atoms with Crippen LogP contribution in [0.25, 0.3) is 0 Å². The summed E-state index contributed by atoms with van der Waals surface area (Å²) < 4.78 is 18.7. The zero-order valence-electron chi connectivity index (χ0n) is 17.6. The van der Waals surface area contributed by atoms with Gasteiger partial charge in [0.15, 0.2) is 6.61 Å². The predicted octanol–water partition coefficient (Wildman–Crippen LogP) is 4.24. The van der Waals surface area contributed by atoms with Gasteiger partial charge in [0.2, 0.25) is 5.91 Å². The third-order valence-corrected chi connectivity index (χ3v) is 5.17. The highest BCUT2D eigenvalue weighted by atomic mass is 35.5. The first-order valence-corrected chi connectivity index (χ1v) is 10.5. The van der Waals surface area contributed by atoms with Gasteiger partial charge in [-0.05, 0) is 47.5 Å². The number of hydrogen-bond acceptors (Lipinski definition) is 3. The smallest absolute Gasteiger partial charge is 0.261 e. The van der Waals surface area contributed by atoms with Gasteiger partial charge in [-0.3, -0.25) is 9.59 Å². The average Bonchev–Trinajstić information content (AvgIpc) is 2.81. The van der Waals surface area contributed by atoms with Crippen molar-refractivity contribution in [2.45, 2.75) is 19.0 Å². The summed E-state index contributed by atoms with van der Waals surface area (Å²) in [4.78, 5) is 27.5. The number of likely N-dealkylation sites (N-methyl/N-ethyl adjacent to an activating group) is 1. The van der Waals surface area contributed by atoms with Crippen LogP contribution in [0.4, 0.5) is 4.39 Å². The highest BCUT2D eigenvalue weighted by Gasteiger charge is 2.30. The van der Waals surface area contributed by atoms with E-state index in [1.165, 1.54) is 36.2 Å². The highest BCUT2D eigenvalue weighted by Crippen LogP contribution is 2.18. The molecule has 32 heavy (non-hydrogen) atoms. The van der Waals surface area contributed by atoms with Gasteiger partial charge < -0.3 is 15.0 Å². The SMILES string of the molecule is CNC(=O)[C@H](Cc1ccccc1)N(Cc1cccc(Cl)c1)C(=O)COc1ccc(F)cc1. The van der Waals surface area contributed by atoms with E-state index in [0.29, 0.717) is 17.2 Å². The van der Waals surface area contributed by atoms with E-state index in [0.717, 1.165) is 11.1 Å². The van der Waals surface area contributed by atoms with Crippen molar-refractivity contribution >= 4 is 23.4 Å². The quantitative estimate of drug-likeness (QED) is 0.526. The lowest BCUT2D eigenvalue weighted by Gasteiger charge is -2.31. The van der Waals surface area contributed by atoms with Gasteiger partial charge in [0, 0.05) is 25.0 Å². The fourth-order valence-electron chi connectivity index (χ4n) is 3.31. The first kappa shape index (κ1) is 23.3. The average molecular weight is 455 g/mol. The van der Waals surface area contributed by atoms with Gasteiger partial charge in [-0.25, -0.2) is 4.39 Å². The van der Waals surface area contributed by atoms with Crippen LogP contribution >= 0.6 is 11.6 Å². The van der Waals surface area contributed by atoms with Gasteiger partial charge in [0.1, 0.15) is 17.6 Å². The van der Waals surface area contributed by atoms with Crippen LogP contribution in [0, 0.1) is 5.82 Å². The summed E-state index contributed by atoms with van der Waals surface area (Å²) in [5.41, 5.74) is 1.71. The summed E-state index contributed by atoms with van der Waals surface area (Å²) in [6.07, 6.45) is 0.337. The molecular formula is C25H24ClFN2O3. The summed E-state index contributed by atoms with van der Waals surface area (Å²) in [6.45, 7) is -0.119. The number of nitrogens with one attached hydrogen (secondary N) is 1. The molecule has 7 heteroatoms. The molecule has 166 valence electrons. The second-order valence-corrected chi connectivity index (χ2v) is 7.65. The van der Waals surface area contributed by atoms with Crippen LogP contribution in [-0.4, -0.2) is 36.4 Å². The predicted molar refractivity (Wildman–Crippen MR) is 122 cm³/mol. The fraction of sp³-hybridized carbons (Fsp3) is 0.200. The summed E-state index contributed by atoms with van der Waals surface area (Å²) in [5.74, 6) is -0.694. The lowest BCUT2D eigenvalue weighted by atomic mass is 10.0. The lowest BCUT2D eigenvalue weighted by Crippen LogP contribution is -2.51. The third kappa shape index (κ3) is 6.56. The van der Waals surface area contributed by atoms with Gasteiger partial charge in [-0.1, -0.05) is 54.1 Å². The molecule has 3 rings (SSSR count). The number of carbonyl (C=O) groups is 2. The van der Waals surface area contributed by atoms with Crippen molar-refractivity contribution in [2.24, 2.45) is 0 Å². The molecule has 0 aliphatic heterocycles. The first-order valence-electron chi connectivity index (χ1n) is 10.1. The lowest BCUT2D eigenvalue weighted by molar-refractivity contribution is -0.142. The first-order chi connectivity index (χ1) is 15.5. The number of halogens is 2. The summed E-state index contributed by atoms with van der Waals surface area (Å²) in [6, 6.07) is 21.3. The Morgan fingerprint density at radius 2 is 1.69 bits per heavy atom. The van der Waals surface area contributed by atoms with Crippen molar-refractivity contribution in [3.63, 3.8) is 0 Å². The zero-order valence-corrected chi connectivity index (χ0v) is 18.4. The Hall–Kier alpha value is -3.38. The number of hydrogen-bond donors (Lipinski definition) is 1. The summed E-state index contributed by atoms with van der Waals surface area (Å²) in [5, 5.41) is 3.20. The summed E-state index contributed by atoms with van der Waals surface area (Å²) in [7, 11) is 1.54. The number of rotatable bonds is 9. The Kier molecular flexibility index (Phi) is 8.22. The molecule has 0 aromatic heterocycles. The standard InChI is InChI=1S/C25H24ClFN2O3/c1-28-25(31)23(15-18-6-3-2-4-7-18)29(16-19-8-5-9-20(26)14-19)24(30)17-32-22-12-10-21(27)11-13-22/h2-14,23H,15-17H2,1H3,(H,28,31)/t23-/m0/s1. The topological polar surface area (TPSA) is 58.6 Å². The van der Waals surface area contributed by atoms with Crippen molar-refractivity contribution in [3.05, 3.63) is 101 Å². The molecule has 0 unspecified atom stereocenters. The number of ether oxygens (including phenoxy) is 1. The molecule has 0 aliphatic rings. The highest BCUT2D eigenvalue weighted by molar-refractivity contribution is 6.30. The summed E-state index contributed by atoms with van der Waals surface area (Å²) >= 11 is 6.12. The number of benzene rings is 3. The molecular weight excluding hydrogens is 431 g/mol. The molecule has 2 amide bonds. The monoisotopic (exact) mass is 454 g/mol. The van der Waals surface area contributed by atoms with Crippen LogP contribution in [0.2, 0.25) is 5.02 Å². The van der Waals surface area contributed by atoms with Gasteiger partial charge in [-0.15, -0.1) is 0 Å². The molecule has 1 N–H and O–H groups in total. The minimum Gasteiger partial charge on any atom is -0.484 e. The molecule has 3 aromatic carbocycles. The van der Waals surface area contributed by atoms with Crippen molar-refractivity contribution in [1.29, 1.82) is 0 Å². The maximum absolute atomic E-state index is 13.2. The largest absolute Gasteiger partial charge is 0.484 e. The zero-order chi connectivity index (χ0) is 22.9. The van der Waals surface area contributed by atoms with E-state index in [-0.39, 0.29) is 25.0 Å². The molecule has 3 aromatic rings. The molecule has 0 aliphatic carbocycles. The minimum absolute atomic E-state index is 0.178. The Morgan fingerprint density at radius 3 is 2.34 bits per heavy atom. The van der Waals surface area contributed by atoms with Crippen molar-refractivity contribution < 1.29 is 18.7 Å². The molecule has 0 bridgehead atoms. The fourth-order valence-corrected chi connectivity index (χ4v) is 3.52. The van der Waals surface area contributed by atoms with Crippen LogP contribution in [0.5, 0.6) is 5.75 Å². The Morgan fingerprint density at radius 1 is 1.00 bits per heavy atom. The molecule has 0 saturated carbocycles. The second kappa shape index (κ2) is 11.3. The van der Waals surface area contributed by atoms with Gasteiger partial charge in [0.25, 0.3) is 5.91 Å². The second-order valence-electron chi connectivity index (χ2n) is 7.21. The van der Waals surface area contributed by atoms with Crippen LogP contribution in [0.1, 0.15) is 11.1 Å². The van der Waals surface area contributed by atoms with E-state index < -0.39 is 11.9 Å². The van der Waals surface area contributed by atoms with E-state index in [9.17, 15) is 14.0 Å². The van der Waals surface area contributed by atoms with E-state index in [4.69, 9.17) is 16.3 Å². The van der Waals surface area contributed by atoms with Gasteiger partial charge in [-0.2, -0.15) is 0 Å². The Bertz CT molecular complexity index is 1040. The van der Waals surface area contributed by atoms with Crippen molar-refractivity contribution in [2.75, 3.05) is 13.7 Å². The van der Waals surface area contributed by atoms with Gasteiger partial charge in [0.05, 0.1) is 0 Å². The molecule has 0 radical (unpaired) electrons. The molecule has 0 heterocycles. The van der Waals surface area contributed by atoms with Crippen LogP contribution in [0.3, 0.4) is 0 Å². The molecule has 0 fully saturated rings. The van der Waals surface area contributed by atoms with Crippen LogP contribution in [-0.2, 0) is 22.6 Å². The third-order valence-electron chi connectivity index (χ3n) is 4.94. The number of carbonyl (C=O) groups excluding carboxylic acids is 2. The van der Waals surface area contributed by atoms with E-state index in [1.54, 1.807) is 18.2 Å². The normalized spacial score (nSPS) is 11.5. The van der Waals surface area contributed by atoms with Crippen molar-refractivity contribution in [1.82, 2.24) is 10.2 Å². The van der Waals surface area contributed by atoms with Crippen LogP contribution < -0.4 is 10.1 Å². The van der Waals surface area contributed by atoms with Gasteiger partial charge >= 0.3 is 0 Å². The molecule has 0 spiro atoms. The molecule has 5 nitrogen and oxygen atoms in total. The Balaban J connectivity index is 1.86. The Labute approximate surface area is 191 Å². The van der Waals surface area contributed by atoms with Crippen molar-refractivity contribution in [3.8, 4) is 5.75 Å². The van der Waals surface area contributed by atoms with E-state index >= 15 is 0 Å². The van der Waals surface area contributed by atoms with E-state index in [2.05, 4.69) is 5.32 Å². The van der Waals surface area contributed by atoms with E-state index in [1.807, 2.05) is 36.4 Å². The maximum atomic E-state index is 13.2. The number of nitrogens with zero attached hydrogens (tertiary/aromatic N) is 1. The molecule has 0 saturated heterocycles. The number of amides is 2. The maximum Gasteiger partial charge on any atom is 0.261 e. The van der Waals surface area contributed by atoms with Crippen LogP contribution in [0.15, 0.2) is 78.9 Å². The molecule has 1 atom stereocenters.